The van der Waals surface area contributed by atoms with E-state index in [1.54, 1.807) is 23.3 Å². The molecule has 8 nitrogen and oxygen atoms in total. The molecule has 0 bridgehead atoms. The van der Waals surface area contributed by atoms with Gasteiger partial charge in [-0.1, -0.05) is 11.8 Å². The van der Waals surface area contributed by atoms with Crippen molar-refractivity contribution in [1.29, 1.82) is 0 Å². The van der Waals surface area contributed by atoms with Gasteiger partial charge in [0.15, 0.2) is 11.0 Å². The second kappa shape index (κ2) is 7.75. The molecule has 3 heterocycles. The van der Waals surface area contributed by atoms with Crippen molar-refractivity contribution in [3.05, 3.63) is 36.8 Å². The molecule has 1 aliphatic carbocycles. The van der Waals surface area contributed by atoms with Crippen molar-refractivity contribution in [3.8, 4) is 11.4 Å². The molecule has 1 N–H and O–H groups in total. The number of carbonyl (C=O) groups excluding carboxylic acids is 1. The average Bonchev–Trinajstić information content (AvgIpc) is 3.27. The molecule has 0 unspecified atom stereocenters. The first-order valence-corrected chi connectivity index (χ1v) is 10.3. The van der Waals surface area contributed by atoms with Crippen LogP contribution in [0.4, 0.5) is 5.82 Å². The van der Waals surface area contributed by atoms with Crippen LogP contribution in [-0.4, -0.2) is 40.7 Å². The summed E-state index contributed by atoms with van der Waals surface area (Å²) in [5.41, 5.74) is 0.937. The highest BCUT2D eigenvalue weighted by atomic mass is 32.2. The van der Waals surface area contributed by atoms with E-state index in [9.17, 15) is 4.79 Å². The van der Waals surface area contributed by atoms with Crippen LogP contribution >= 0.6 is 11.8 Å². The first kappa shape index (κ1) is 18.7. The molecule has 1 aliphatic rings. The van der Waals surface area contributed by atoms with E-state index >= 15 is 0 Å². The molecular weight excluding hydrogens is 374 g/mol. The Kier molecular flexibility index (Phi) is 5.17. The SMILES string of the molecule is CC(C)n1nccc1NC(=O)[C@H](C)Sc1nnc(-c2cccnc2)n1C1CC1. The fourth-order valence-electron chi connectivity index (χ4n) is 2.98. The van der Waals surface area contributed by atoms with Crippen molar-refractivity contribution in [2.75, 3.05) is 5.32 Å². The van der Waals surface area contributed by atoms with Crippen LogP contribution in [0.1, 0.15) is 45.7 Å². The van der Waals surface area contributed by atoms with Crippen LogP contribution in [0.2, 0.25) is 0 Å². The highest BCUT2D eigenvalue weighted by Crippen LogP contribution is 2.41. The number of nitrogens with zero attached hydrogens (tertiary/aromatic N) is 6. The minimum atomic E-state index is -0.320. The van der Waals surface area contributed by atoms with Crippen LogP contribution in [0.15, 0.2) is 41.9 Å². The molecule has 146 valence electrons. The molecule has 3 aromatic rings. The lowest BCUT2D eigenvalue weighted by atomic mass is 10.3. The molecular formula is C19H23N7OS. The Morgan fingerprint density at radius 3 is 2.71 bits per heavy atom. The summed E-state index contributed by atoms with van der Waals surface area (Å²) in [6, 6.07) is 6.25. The van der Waals surface area contributed by atoms with Crippen molar-refractivity contribution in [3.63, 3.8) is 0 Å². The van der Waals surface area contributed by atoms with Crippen LogP contribution in [-0.2, 0) is 4.79 Å². The van der Waals surface area contributed by atoms with E-state index in [2.05, 4.69) is 30.2 Å². The third-order valence-corrected chi connectivity index (χ3v) is 5.62. The van der Waals surface area contributed by atoms with E-state index in [4.69, 9.17) is 0 Å². The summed E-state index contributed by atoms with van der Waals surface area (Å²) in [5.74, 6) is 1.43. The van der Waals surface area contributed by atoms with Crippen LogP contribution in [0.25, 0.3) is 11.4 Å². The third-order valence-electron chi connectivity index (χ3n) is 4.56. The highest BCUT2D eigenvalue weighted by Gasteiger charge is 2.31. The summed E-state index contributed by atoms with van der Waals surface area (Å²) in [5, 5.41) is 16.4. The summed E-state index contributed by atoms with van der Waals surface area (Å²) < 4.78 is 3.94. The van der Waals surface area contributed by atoms with Crippen LogP contribution in [0.5, 0.6) is 0 Å². The second-order valence-corrected chi connectivity index (χ2v) is 8.46. The minimum absolute atomic E-state index is 0.0827. The second-order valence-electron chi connectivity index (χ2n) is 7.15. The van der Waals surface area contributed by atoms with Gasteiger partial charge in [0.05, 0.1) is 11.4 Å². The molecule has 0 spiro atoms. The largest absolute Gasteiger partial charge is 0.310 e. The molecule has 3 aromatic heterocycles. The first-order valence-electron chi connectivity index (χ1n) is 9.41. The Morgan fingerprint density at radius 2 is 2.04 bits per heavy atom. The van der Waals surface area contributed by atoms with Gasteiger partial charge in [0.2, 0.25) is 5.91 Å². The normalized spacial score (nSPS) is 15.0. The molecule has 0 saturated heterocycles. The summed E-state index contributed by atoms with van der Waals surface area (Å²) >= 11 is 1.43. The fraction of sp³-hybridized carbons (Fsp3) is 0.421. The van der Waals surface area contributed by atoms with Crippen molar-refractivity contribution < 1.29 is 4.79 Å². The number of nitrogens with one attached hydrogen (secondary N) is 1. The number of amides is 1. The highest BCUT2D eigenvalue weighted by molar-refractivity contribution is 8.00. The summed E-state index contributed by atoms with van der Waals surface area (Å²) in [4.78, 5) is 16.9. The van der Waals surface area contributed by atoms with E-state index in [0.29, 0.717) is 11.9 Å². The van der Waals surface area contributed by atoms with E-state index in [0.717, 1.165) is 29.4 Å². The van der Waals surface area contributed by atoms with Crippen molar-refractivity contribution in [1.82, 2.24) is 29.5 Å². The van der Waals surface area contributed by atoms with Gasteiger partial charge in [-0.2, -0.15) is 5.10 Å². The Bertz CT molecular complexity index is 962. The predicted octanol–water partition coefficient (Wildman–Crippen LogP) is 3.57. The van der Waals surface area contributed by atoms with Gasteiger partial charge in [-0.3, -0.25) is 14.3 Å². The number of hydrogen-bond acceptors (Lipinski definition) is 6. The molecule has 0 radical (unpaired) electrons. The van der Waals surface area contributed by atoms with Gasteiger partial charge in [-0.15, -0.1) is 10.2 Å². The quantitative estimate of drug-likeness (QED) is 0.613. The van der Waals surface area contributed by atoms with Gasteiger partial charge >= 0.3 is 0 Å². The number of rotatable bonds is 7. The van der Waals surface area contributed by atoms with Crippen molar-refractivity contribution in [2.24, 2.45) is 0 Å². The predicted molar refractivity (Wildman–Crippen MR) is 108 cm³/mol. The van der Waals surface area contributed by atoms with E-state index in [-0.39, 0.29) is 17.2 Å². The maximum Gasteiger partial charge on any atom is 0.238 e. The third kappa shape index (κ3) is 3.80. The van der Waals surface area contributed by atoms with Crippen molar-refractivity contribution in [2.45, 2.75) is 56.1 Å². The number of aromatic nitrogens is 6. The maximum atomic E-state index is 12.7. The smallest absolute Gasteiger partial charge is 0.238 e. The number of pyridine rings is 1. The Labute approximate surface area is 167 Å². The zero-order valence-electron chi connectivity index (χ0n) is 16.1. The number of thioether (sulfide) groups is 1. The topological polar surface area (TPSA) is 90.5 Å². The lowest BCUT2D eigenvalue weighted by Crippen LogP contribution is -2.25. The number of hydrogen-bond donors (Lipinski definition) is 1. The summed E-state index contributed by atoms with van der Waals surface area (Å²) in [6.07, 6.45) is 7.43. The van der Waals surface area contributed by atoms with Gasteiger partial charge in [-0.05, 0) is 45.7 Å². The average molecular weight is 398 g/mol. The molecule has 9 heteroatoms. The molecule has 0 aliphatic heterocycles. The van der Waals surface area contributed by atoms with E-state index in [1.165, 1.54) is 11.8 Å². The minimum Gasteiger partial charge on any atom is -0.310 e. The lowest BCUT2D eigenvalue weighted by Gasteiger charge is -2.15. The standard InChI is InChI=1S/C19H23N7OS/c1-12(2)26-16(8-10-21-26)22-18(27)13(3)28-19-24-23-17(25(19)15-6-7-15)14-5-4-9-20-11-14/h4-5,8-13,15H,6-7H2,1-3H3,(H,22,27)/t13-/m0/s1. The molecule has 4 rings (SSSR count). The molecule has 1 fully saturated rings. The molecule has 0 aromatic carbocycles. The molecule has 28 heavy (non-hydrogen) atoms. The zero-order valence-corrected chi connectivity index (χ0v) is 16.9. The number of anilines is 1. The Hall–Kier alpha value is -2.68. The molecule has 1 atom stereocenters. The van der Waals surface area contributed by atoms with Gasteiger partial charge in [-0.25, -0.2) is 4.68 Å². The molecule has 1 amide bonds. The summed E-state index contributed by atoms with van der Waals surface area (Å²) in [6.45, 7) is 5.93. The monoisotopic (exact) mass is 397 g/mol. The van der Waals surface area contributed by atoms with Gasteiger partial charge < -0.3 is 5.32 Å². The fourth-order valence-corrected chi connectivity index (χ4v) is 3.89. The van der Waals surface area contributed by atoms with Gasteiger partial charge in [0, 0.05) is 36.1 Å². The first-order chi connectivity index (χ1) is 13.5. The van der Waals surface area contributed by atoms with Crippen LogP contribution in [0, 0.1) is 0 Å². The van der Waals surface area contributed by atoms with E-state index in [1.807, 2.05) is 39.0 Å². The maximum absolute atomic E-state index is 12.7. The lowest BCUT2D eigenvalue weighted by molar-refractivity contribution is -0.115. The summed E-state index contributed by atoms with van der Waals surface area (Å²) in [7, 11) is 0. The van der Waals surface area contributed by atoms with Gasteiger partial charge in [0.1, 0.15) is 5.82 Å². The van der Waals surface area contributed by atoms with Crippen LogP contribution in [0.3, 0.4) is 0 Å². The van der Waals surface area contributed by atoms with Gasteiger partial charge in [0.25, 0.3) is 0 Å². The Morgan fingerprint density at radius 1 is 1.21 bits per heavy atom. The molecule has 1 saturated carbocycles. The number of carbonyl (C=O) groups is 1. The van der Waals surface area contributed by atoms with Crippen molar-refractivity contribution >= 4 is 23.5 Å². The van der Waals surface area contributed by atoms with Crippen LogP contribution < -0.4 is 5.32 Å². The van der Waals surface area contributed by atoms with E-state index < -0.39 is 0 Å². The zero-order chi connectivity index (χ0) is 19.7. The Balaban J connectivity index is 1.52.